The van der Waals surface area contributed by atoms with E-state index in [1.54, 1.807) is 0 Å². The minimum Gasteiger partial charge on any atom is -0.371 e. The Kier molecular flexibility index (Phi) is 4.86. The lowest BCUT2D eigenvalue weighted by atomic mass is 9.98. The van der Waals surface area contributed by atoms with Gasteiger partial charge in [0.2, 0.25) is 0 Å². The van der Waals surface area contributed by atoms with Crippen molar-refractivity contribution in [3.63, 3.8) is 0 Å². The van der Waals surface area contributed by atoms with Gasteiger partial charge in [-0.25, -0.2) is 5.84 Å². The lowest BCUT2D eigenvalue weighted by molar-refractivity contribution is -0.126. The Balaban J connectivity index is 2.04. The van der Waals surface area contributed by atoms with Gasteiger partial charge < -0.3 is 9.64 Å². The van der Waals surface area contributed by atoms with E-state index in [1.807, 2.05) is 5.43 Å². The van der Waals surface area contributed by atoms with Crippen molar-refractivity contribution >= 4 is 5.91 Å². The zero-order valence-electron chi connectivity index (χ0n) is 8.66. The number of nitrogens with zero attached hydrogens (tertiary/aromatic N) is 1. The van der Waals surface area contributed by atoms with Gasteiger partial charge in [-0.15, -0.1) is 0 Å². The summed E-state index contributed by atoms with van der Waals surface area (Å²) in [5.41, 5.74) is 2.04. The van der Waals surface area contributed by atoms with Crippen molar-refractivity contribution in [2.75, 3.05) is 33.4 Å². The minimum absolute atomic E-state index is 0.0723. The van der Waals surface area contributed by atoms with Crippen molar-refractivity contribution < 1.29 is 9.53 Å². The molecule has 1 heterocycles. The number of rotatable bonds is 4. The molecule has 1 rings (SSSR count). The van der Waals surface area contributed by atoms with Gasteiger partial charge in [-0.3, -0.25) is 10.2 Å². The zero-order chi connectivity index (χ0) is 10.4. The van der Waals surface area contributed by atoms with Crippen molar-refractivity contribution in [1.29, 1.82) is 0 Å². The number of hydrogen-bond donors (Lipinski definition) is 2. The summed E-state index contributed by atoms with van der Waals surface area (Å²) in [6.45, 7) is 2.98. The highest BCUT2D eigenvalue weighted by Gasteiger charge is 2.16. The van der Waals surface area contributed by atoms with E-state index in [1.165, 1.54) is 0 Å². The van der Waals surface area contributed by atoms with Crippen LogP contribution in [0.4, 0.5) is 0 Å². The van der Waals surface area contributed by atoms with Gasteiger partial charge in [-0.2, -0.15) is 0 Å². The largest absolute Gasteiger partial charge is 0.371 e. The summed E-state index contributed by atoms with van der Waals surface area (Å²) in [6, 6.07) is 0. The van der Waals surface area contributed by atoms with E-state index in [9.17, 15) is 4.79 Å². The Morgan fingerprint density at radius 1 is 1.57 bits per heavy atom. The van der Waals surface area contributed by atoms with Gasteiger partial charge in [-0.05, 0) is 38.9 Å². The number of carbonyl (C=O) groups is 1. The summed E-state index contributed by atoms with van der Waals surface area (Å²) in [7, 11) is 2.12. The molecule has 0 aromatic carbocycles. The van der Waals surface area contributed by atoms with Gasteiger partial charge in [0.25, 0.3) is 5.91 Å². The first-order valence-corrected chi connectivity index (χ1v) is 4.98. The first kappa shape index (κ1) is 11.4. The summed E-state index contributed by atoms with van der Waals surface area (Å²) < 4.78 is 5.25. The molecule has 0 bridgehead atoms. The van der Waals surface area contributed by atoms with Crippen LogP contribution in [0.1, 0.15) is 12.8 Å². The molecule has 0 aromatic heterocycles. The number of carbonyl (C=O) groups excluding carboxylic acids is 1. The van der Waals surface area contributed by atoms with Crippen LogP contribution < -0.4 is 11.3 Å². The van der Waals surface area contributed by atoms with Crippen molar-refractivity contribution in [3.05, 3.63) is 0 Å². The first-order chi connectivity index (χ1) is 6.72. The lowest BCUT2D eigenvalue weighted by Crippen LogP contribution is -2.35. The molecule has 1 aliphatic heterocycles. The third-order valence-corrected chi connectivity index (χ3v) is 2.59. The van der Waals surface area contributed by atoms with E-state index in [2.05, 4.69) is 11.9 Å². The lowest BCUT2D eigenvalue weighted by Gasteiger charge is -2.28. The Labute approximate surface area is 84.5 Å². The third-order valence-electron chi connectivity index (χ3n) is 2.59. The molecule has 3 N–H and O–H groups in total. The predicted octanol–water partition coefficient (Wildman–Crippen LogP) is -0.665. The molecule has 1 aliphatic rings. The molecular formula is C9H19N3O2. The van der Waals surface area contributed by atoms with Gasteiger partial charge in [0, 0.05) is 0 Å². The number of hydrazine groups is 1. The fourth-order valence-corrected chi connectivity index (χ4v) is 1.59. The number of likely N-dealkylation sites (tertiary alicyclic amines) is 1. The second-order valence-electron chi connectivity index (χ2n) is 3.83. The summed E-state index contributed by atoms with van der Waals surface area (Å²) in [4.78, 5) is 13.0. The summed E-state index contributed by atoms with van der Waals surface area (Å²) >= 11 is 0. The number of piperidine rings is 1. The van der Waals surface area contributed by atoms with Gasteiger partial charge in [0.05, 0.1) is 6.61 Å². The van der Waals surface area contributed by atoms with Gasteiger partial charge in [-0.1, -0.05) is 0 Å². The number of nitrogens with one attached hydrogen (secondary N) is 1. The highest BCUT2D eigenvalue weighted by atomic mass is 16.5. The average molecular weight is 201 g/mol. The Bertz CT molecular complexity index is 179. The normalized spacial score (nSPS) is 19.6. The topological polar surface area (TPSA) is 67.6 Å². The van der Waals surface area contributed by atoms with Gasteiger partial charge in [0.15, 0.2) is 0 Å². The quantitative estimate of drug-likeness (QED) is 0.360. The Morgan fingerprint density at radius 3 is 2.79 bits per heavy atom. The Hall–Kier alpha value is -0.650. The van der Waals surface area contributed by atoms with Crippen molar-refractivity contribution in [2.24, 2.45) is 11.8 Å². The van der Waals surface area contributed by atoms with Crippen molar-refractivity contribution in [3.8, 4) is 0 Å². The van der Waals surface area contributed by atoms with Crippen LogP contribution in [0.5, 0.6) is 0 Å². The monoisotopic (exact) mass is 201 g/mol. The van der Waals surface area contributed by atoms with E-state index in [0.717, 1.165) is 25.9 Å². The maximum Gasteiger partial charge on any atom is 0.259 e. The highest BCUT2D eigenvalue weighted by Crippen LogP contribution is 2.15. The fourth-order valence-electron chi connectivity index (χ4n) is 1.59. The van der Waals surface area contributed by atoms with Crippen LogP contribution in [0.25, 0.3) is 0 Å². The van der Waals surface area contributed by atoms with Crippen LogP contribution in [0.3, 0.4) is 0 Å². The second kappa shape index (κ2) is 5.95. The van der Waals surface area contributed by atoms with E-state index < -0.39 is 0 Å². The number of ether oxygens (including phenoxy) is 1. The Morgan fingerprint density at radius 2 is 2.21 bits per heavy atom. The molecule has 0 aliphatic carbocycles. The van der Waals surface area contributed by atoms with Crippen LogP contribution >= 0.6 is 0 Å². The molecule has 14 heavy (non-hydrogen) atoms. The number of nitrogens with two attached hydrogens (primary N) is 1. The molecule has 1 amide bonds. The van der Waals surface area contributed by atoms with E-state index in [4.69, 9.17) is 10.6 Å². The molecule has 0 spiro atoms. The van der Waals surface area contributed by atoms with Crippen molar-refractivity contribution in [1.82, 2.24) is 10.3 Å². The zero-order valence-corrected chi connectivity index (χ0v) is 8.66. The van der Waals surface area contributed by atoms with E-state index >= 15 is 0 Å². The molecule has 0 atom stereocenters. The summed E-state index contributed by atoms with van der Waals surface area (Å²) in [5, 5.41) is 0. The molecule has 5 heteroatoms. The predicted molar refractivity (Wildman–Crippen MR) is 53.4 cm³/mol. The smallest absolute Gasteiger partial charge is 0.259 e. The van der Waals surface area contributed by atoms with Crippen LogP contribution in [-0.4, -0.2) is 44.2 Å². The second-order valence-corrected chi connectivity index (χ2v) is 3.83. The molecule has 82 valence electrons. The van der Waals surface area contributed by atoms with Crippen molar-refractivity contribution in [2.45, 2.75) is 12.8 Å². The fraction of sp³-hybridized carbons (Fsp3) is 0.889. The third kappa shape index (κ3) is 4.04. The molecule has 5 nitrogen and oxygen atoms in total. The molecule has 1 saturated heterocycles. The van der Waals surface area contributed by atoms with E-state index in [-0.39, 0.29) is 12.5 Å². The number of hydrogen-bond acceptors (Lipinski definition) is 4. The summed E-state index contributed by atoms with van der Waals surface area (Å²) in [6.07, 6.45) is 2.31. The molecule has 0 radical (unpaired) electrons. The van der Waals surface area contributed by atoms with Crippen LogP contribution in [-0.2, 0) is 9.53 Å². The standard InChI is InChI=1S/C9H19N3O2/c1-12-4-2-8(3-5-12)6-14-7-9(13)11-10/h8H,2-7,10H2,1H3,(H,11,13). The average Bonchev–Trinajstić information content (AvgIpc) is 2.21. The van der Waals surface area contributed by atoms with Crippen LogP contribution in [0.2, 0.25) is 0 Å². The minimum atomic E-state index is -0.266. The maximum absolute atomic E-state index is 10.7. The molecule has 0 saturated carbocycles. The highest BCUT2D eigenvalue weighted by molar-refractivity contribution is 5.76. The maximum atomic E-state index is 10.7. The number of amides is 1. The summed E-state index contributed by atoms with van der Waals surface area (Å²) in [5.74, 6) is 5.25. The molecular weight excluding hydrogens is 182 g/mol. The molecule has 0 unspecified atom stereocenters. The SMILES string of the molecule is CN1CCC(COCC(=O)NN)CC1. The van der Waals surface area contributed by atoms with Gasteiger partial charge in [0.1, 0.15) is 6.61 Å². The molecule has 1 fully saturated rings. The van der Waals surface area contributed by atoms with Crippen LogP contribution in [0.15, 0.2) is 0 Å². The van der Waals surface area contributed by atoms with Crippen LogP contribution in [0, 0.1) is 5.92 Å². The van der Waals surface area contributed by atoms with E-state index in [0.29, 0.717) is 12.5 Å². The molecule has 0 aromatic rings. The van der Waals surface area contributed by atoms with Gasteiger partial charge >= 0.3 is 0 Å². The first-order valence-electron chi connectivity index (χ1n) is 4.98.